The molecular formula is C24H30N4O2. The largest absolute Gasteiger partial charge is 0.378 e. The van der Waals surface area contributed by atoms with Gasteiger partial charge in [0.05, 0.1) is 0 Å². The van der Waals surface area contributed by atoms with Crippen molar-refractivity contribution in [1.29, 1.82) is 0 Å². The average Bonchev–Trinajstić information content (AvgIpc) is 3.23. The Kier molecular flexibility index (Phi) is 7.22. The van der Waals surface area contributed by atoms with Gasteiger partial charge in [0.2, 0.25) is 11.7 Å². The van der Waals surface area contributed by atoms with Crippen molar-refractivity contribution in [1.82, 2.24) is 15.0 Å². The molecule has 0 unspecified atom stereocenters. The van der Waals surface area contributed by atoms with E-state index in [2.05, 4.69) is 17.1 Å². The molecule has 0 atom stereocenters. The maximum atomic E-state index is 13.0. The first kappa shape index (κ1) is 21.6. The number of benzene rings is 2. The molecule has 0 N–H and O–H groups in total. The van der Waals surface area contributed by atoms with Crippen LogP contribution in [0.3, 0.4) is 0 Å². The molecule has 0 aliphatic rings. The van der Waals surface area contributed by atoms with E-state index in [1.165, 1.54) is 0 Å². The van der Waals surface area contributed by atoms with Gasteiger partial charge in [-0.2, -0.15) is 4.98 Å². The summed E-state index contributed by atoms with van der Waals surface area (Å²) >= 11 is 0. The van der Waals surface area contributed by atoms with Gasteiger partial charge < -0.3 is 14.3 Å². The fraction of sp³-hybridized carbons (Fsp3) is 0.375. The molecule has 0 aliphatic carbocycles. The highest BCUT2D eigenvalue weighted by atomic mass is 16.5. The molecule has 0 bridgehead atoms. The minimum absolute atomic E-state index is 0.0439. The fourth-order valence-electron chi connectivity index (χ4n) is 3.16. The average molecular weight is 407 g/mol. The van der Waals surface area contributed by atoms with Gasteiger partial charge in [-0.3, -0.25) is 4.79 Å². The summed E-state index contributed by atoms with van der Waals surface area (Å²) in [5.41, 5.74) is 3.88. The summed E-state index contributed by atoms with van der Waals surface area (Å²) in [5.74, 6) is 1.16. The highest BCUT2D eigenvalue weighted by molar-refractivity contribution is 5.94. The fourth-order valence-corrected chi connectivity index (χ4v) is 3.16. The summed E-state index contributed by atoms with van der Waals surface area (Å²) in [7, 11) is 4.01. The molecule has 0 radical (unpaired) electrons. The van der Waals surface area contributed by atoms with Gasteiger partial charge in [-0.25, -0.2) is 0 Å². The van der Waals surface area contributed by atoms with Crippen molar-refractivity contribution >= 4 is 11.6 Å². The Morgan fingerprint density at radius 2 is 1.70 bits per heavy atom. The van der Waals surface area contributed by atoms with Gasteiger partial charge in [-0.05, 0) is 49.7 Å². The summed E-state index contributed by atoms with van der Waals surface area (Å²) in [6, 6.07) is 15.7. The Hall–Kier alpha value is -3.15. The number of hydrogen-bond acceptors (Lipinski definition) is 5. The molecule has 0 saturated carbocycles. The summed E-state index contributed by atoms with van der Waals surface area (Å²) in [5, 5.41) is 4.11. The molecular weight excluding hydrogens is 376 g/mol. The van der Waals surface area contributed by atoms with Gasteiger partial charge in [-0.1, -0.05) is 36.2 Å². The molecule has 6 nitrogen and oxygen atoms in total. The van der Waals surface area contributed by atoms with Gasteiger partial charge in [0.25, 0.3) is 5.91 Å². The van der Waals surface area contributed by atoms with Crippen LogP contribution >= 0.6 is 0 Å². The van der Waals surface area contributed by atoms with Crippen LogP contribution in [0.25, 0.3) is 11.4 Å². The zero-order valence-corrected chi connectivity index (χ0v) is 18.3. The smallest absolute Gasteiger partial charge is 0.253 e. The van der Waals surface area contributed by atoms with Crippen molar-refractivity contribution in [3.05, 3.63) is 65.5 Å². The van der Waals surface area contributed by atoms with Crippen LogP contribution in [0.4, 0.5) is 5.69 Å². The number of aromatic nitrogens is 2. The predicted molar refractivity (Wildman–Crippen MR) is 120 cm³/mol. The number of rotatable bonds is 9. The van der Waals surface area contributed by atoms with E-state index >= 15 is 0 Å². The molecule has 3 rings (SSSR count). The van der Waals surface area contributed by atoms with Crippen molar-refractivity contribution in [3.8, 4) is 11.4 Å². The normalized spacial score (nSPS) is 10.8. The van der Waals surface area contributed by atoms with Gasteiger partial charge in [0.15, 0.2) is 0 Å². The highest BCUT2D eigenvalue weighted by Crippen LogP contribution is 2.20. The second kappa shape index (κ2) is 10.1. The summed E-state index contributed by atoms with van der Waals surface area (Å²) in [6.07, 6.45) is 2.53. The van der Waals surface area contributed by atoms with Crippen LogP contribution < -0.4 is 4.90 Å². The van der Waals surface area contributed by atoms with Gasteiger partial charge >= 0.3 is 0 Å². The Morgan fingerprint density at radius 3 is 2.33 bits per heavy atom. The summed E-state index contributed by atoms with van der Waals surface area (Å²) < 4.78 is 5.44. The third-order valence-corrected chi connectivity index (χ3v) is 5.07. The molecule has 1 amide bonds. The molecule has 0 aliphatic heterocycles. The molecule has 1 heterocycles. The van der Waals surface area contributed by atoms with Crippen LogP contribution in [0.5, 0.6) is 0 Å². The molecule has 1 aromatic heterocycles. The van der Waals surface area contributed by atoms with Gasteiger partial charge in [0.1, 0.15) is 0 Å². The van der Waals surface area contributed by atoms with Crippen molar-refractivity contribution < 1.29 is 9.32 Å². The minimum atomic E-state index is 0.0439. The Balaban J connectivity index is 1.66. The van der Waals surface area contributed by atoms with E-state index in [-0.39, 0.29) is 5.91 Å². The van der Waals surface area contributed by atoms with E-state index in [9.17, 15) is 4.79 Å². The highest BCUT2D eigenvalue weighted by Gasteiger charge is 2.17. The Labute approximate surface area is 178 Å². The molecule has 0 spiro atoms. The topological polar surface area (TPSA) is 62.5 Å². The van der Waals surface area contributed by atoms with E-state index in [1.54, 1.807) is 0 Å². The number of hydrogen-bond donors (Lipinski definition) is 0. The second-order valence-corrected chi connectivity index (χ2v) is 7.71. The van der Waals surface area contributed by atoms with Crippen LogP contribution in [-0.2, 0) is 6.42 Å². The number of carbonyl (C=O) groups is 1. The lowest BCUT2D eigenvalue weighted by Crippen LogP contribution is -2.34. The number of aryl methyl sites for hydroxylation is 1. The van der Waals surface area contributed by atoms with Crippen molar-refractivity contribution in [2.24, 2.45) is 0 Å². The van der Waals surface area contributed by atoms with Crippen molar-refractivity contribution in [2.45, 2.75) is 33.1 Å². The third-order valence-electron chi connectivity index (χ3n) is 5.07. The lowest BCUT2D eigenvalue weighted by Gasteiger charge is -2.22. The van der Waals surface area contributed by atoms with Crippen LogP contribution in [0, 0.1) is 6.92 Å². The monoisotopic (exact) mass is 406 g/mol. The predicted octanol–water partition coefficient (Wildman–Crippen LogP) is 4.60. The van der Waals surface area contributed by atoms with Crippen LogP contribution in [-0.4, -0.2) is 48.1 Å². The zero-order chi connectivity index (χ0) is 21.5. The van der Waals surface area contributed by atoms with Crippen LogP contribution in [0.15, 0.2) is 53.1 Å². The minimum Gasteiger partial charge on any atom is -0.378 e. The first-order valence-electron chi connectivity index (χ1n) is 10.4. The molecule has 30 heavy (non-hydrogen) atoms. The number of nitrogens with zero attached hydrogens (tertiary/aromatic N) is 4. The third kappa shape index (κ3) is 5.47. The first-order valence-corrected chi connectivity index (χ1v) is 10.4. The molecule has 2 aromatic carbocycles. The van der Waals surface area contributed by atoms with Gasteiger partial charge in [0, 0.05) is 50.4 Å². The van der Waals surface area contributed by atoms with Crippen molar-refractivity contribution in [2.75, 3.05) is 32.1 Å². The lowest BCUT2D eigenvalue weighted by atomic mass is 10.1. The van der Waals surface area contributed by atoms with Gasteiger partial charge in [-0.15, -0.1) is 0 Å². The lowest BCUT2D eigenvalue weighted by molar-refractivity contribution is 0.0752. The first-order chi connectivity index (χ1) is 14.5. The molecule has 0 fully saturated rings. The maximum Gasteiger partial charge on any atom is 0.253 e. The van der Waals surface area contributed by atoms with E-state index in [1.807, 2.05) is 79.3 Å². The number of anilines is 1. The number of amides is 1. The van der Waals surface area contributed by atoms with Crippen LogP contribution in [0.2, 0.25) is 0 Å². The van der Waals surface area contributed by atoms with E-state index < -0.39 is 0 Å². The SMILES string of the molecule is CCCCN(CCc1nc(-c2ccc(N(C)C)cc2)no1)C(=O)c1ccc(C)cc1. The van der Waals surface area contributed by atoms with E-state index in [0.29, 0.717) is 30.2 Å². The Bertz CT molecular complexity index is 946. The molecule has 6 heteroatoms. The summed E-state index contributed by atoms with van der Waals surface area (Å²) in [6.45, 7) is 5.41. The Morgan fingerprint density at radius 1 is 1.00 bits per heavy atom. The molecule has 0 saturated heterocycles. The van der Waals surface area contributed by atoms with Crippen LogP contribution in [0.1, 0.15) is 41.6 Å². The molecule has 3 aromatic rings. The van der Waals surface area contributed by atoms with Crippen molar-refractivity contribution in [3.63, 3.8) is 0 Å². The number of carbonyl (C=O) groups excluding carboxylic acids is 1. The summed E-state index contributed by atoms with van der Waals surface area (Å²) in [4.78, 5) is 21.4. The van der Waals surface area contributed by atoms with E-state index in [0.717, 1.165) is 36.2 Å². The zero-order valence-electron chi connectivity index (χ0n) is 18.3. The quantitative estimate of drug-likeness (QED) is 0.520. The second-order valence-electron chi connectivity index (χ2n) is 7.71. The number of unbranched alkanes of at least 4 members (excludes halogenated alkanes) is 1. The maximum absolute atomic E-state index is 13.0. The molecule has 158 valence electrons. The standard InChI is InChI=1S/C24H30N4O2/c1-5-6-16-28(24(29)20-9-7-18(2)8-10-20)17-15-22-25-23(26-30-22)19-11-13-21(14-12-19)27(3)4/h7-14H,5-6,15-17H2,1-4H3. The van der Waals surface area contributed by atoms with E-state index in [4.69, 9.17) is 4.52 Å².